The van der Waals surface area contributed by atoms with Gasteiger partial charge in [-0.1, -0.05) is 164 Å². The van der Waals surface area contributed by atoms with E-state index in [4.69, 9.17) is 9.97 Å². The van der Waals surface area contributed by atoms with Crippen molar-refractivity contribution < 1.29 is 74.6 Å². The van der Waals surface area contributed by atoms with Crippen LogP contribution in [0.2, 0.25) is 0 Å². The Bertz CT molecular complexity index is 4750. The molecule has 0 aliphatic carbocycles. The van der Waals surface area contributed by atoms with Gasteiger partial charge in [-0.15, -0.1) is 9.13 Å². The van der Waals surface area contributed by atoms with Crippen LogP contribution in [-0.4, -0.2) is 9.97 Å². The number of fused-ring (bicyclic) bond motifs is 4. The molecule has 7 N–H and O–H groups in total. The van der Waals surface area contributed by atoms with Crippen LogP contribution in [-0.2, 0) is 65.4 Å². The Morgan fingerprint density at radius 3 is 0.681 bits per heavy atom. The molecule has 11 nitrogen and oxygen atoms in total. The fourth-order valence-corrected chi connectivity index (χ4v) is 11.0. The molecule has 2 aromatic heterocycles. The standard InChI is InChI=1S/C42H32N6.C36H27N5.2Y/c1-6-16-30(17-7-1)43-35-26-39-41(28-37(35)45-32-20-10-3-11-21-32)48(34-24-14-5-15-25-34)42-29-38(46-33-22-12-4-13-23-33)36(27-40(42)47-39)44-31-18-8-2-9-19-31;1-5-13-26(14-6-1)37-29-21-22-31-35(23-29)41(30-19-11-4-12-20-30)36-25-33(39-28-17-9-3-10-18-28)32(24-34(36)40-31)38-27-15-7-2-8-16-27;;/h1-29H,(H3,43,44,45,46,47);1-25H,(H2,37,38,39,40);;/p+2. The Morgan fingerprint density at radius 2 is 0.407 bits per heavy atom. The van der Waals surface area contributed by atoms with Crippen LogP contribution in [0, 0.1) is 0 Å². The van der Waals surface area contributed by atoms with Gasteiger partial charge in [0, 0.05) is 159 Å². The van der Waals surface area contributed by atoms with Crippen molar-refractivity contribution in [2.24, 2.45) is 0 Å². The summed E-state index contributed by atoms with van der Waals surface area (Å²) < 4.78 is 4.58. The number of nitrogens with zero attached hydrogens (tertiary/aromatic N) is 4. The topological polar surface area (TPSA) is 118 Å². The van der Waals surface area contributed by atoms with E-state index in [1.165, 1.54) is 0 Å². The quantitative estimate of drug-likeness (QED) is 0.0375. The first kappa shape index (κ1) is 61.1. The molecule has 0 bridgehead atoms. The molecule has 0 atom stereocenters. The van der Waals surface area contributed by atoms with Crippen LogP contribution in [0.25, 0.3) is 55.5 Å². The Balaban J connectivity index is 0.000000174. The minimum Gasteiger partial charge on any atom is -0.355 e. The SMILES string of the molecule is [Y].[Y].c1ccc(Nc2cc3nc4cc(Nc5ccccc5)c(Nc5ccccc5)cc4[n+](-c4ccccc4)c3cc2Nc2ccccc2)cc1.c1ccc(Nc2ccc3nc4cc(Nc5ccccc5)c(Nc5ccccc5)cc4[n+](-c4ccccc4)c3c2)cc1. The number of anilines is 14. The maximum absolute atomic E-state index is 5.31. The van der Waals surface area contributed by atoms with Crippen LogP contribution in [0.1, 0.15) is 0 Å². The van der Waals surface area contributed by atoms with E-state index in [0.717, 1.165) is 135 Å². The number of nitrogens with one attached hydrogen (secondary N) is 7. The maximum Gasteiger partial charge on any atom is 0.239 e. The van der Waals surface area contributed by atoms with Crippen molar-refractivity contribution in [2.45, 2.75) is 0 Å². The summed E-state index contributed by atoms with van der Waals surface area (Å²) >= 11 is 0. The van der Waals surface area contributed by atoms with Gasteiger partial charge >= 0.3 is 0 Å². The summed E-state index contributed by atoms with van der Waals surface area (Å²) in [5, 5.41) is 25.4. The van der Waals surface area contributed by atoms with Crippen LogP contribution in [0.4, 0.5) is 79.6 Å². The summed E-state index contributed by atoms with van der Waals surface area (Å²) in [5.41, 5.74) is 23.3. The van der Waals surface area contributed by atoms with Crippen LogP contribution in [0.3, 0.4) is 0 Å². The van der Waals surface area contributed by atoms with E-state index in [1.807, 2.05) is 140 Å². The zero-order valence-corrected chi connectivity index (χ0v) is 55.3. The van der Waals surface area contributed by atoms with Gasteiger partial charge in [-0.3, -0.25) is 0 Å². The van der Waals surface area contributed by atoms with Crippen molar-refractivity contribution in [2.75, 3.05) is 37.2 Å². The summed E-state index contributed by atoms with van der Waals surface area (Å²) in [6, 6.07) is 112. The minimum absolute atomic E-state index is 0. The average Bonchev–Trinajstić information content (AvgIpc) is 0.846. The summed E-state index contributed by atoms with van der Waals surface area (Å²) in [4.78, 5) is 10.5. The minimum atomic E-state index is 0. The van der Waals surface area contributed by atoms with E-state index >= 15 is 0 Å². The summed E-state index contributed by atoms with van der Waals surface area (Å²) in [5.74, 6) is 0. The number of hydrogen-bond acceptors (Lipinski definition) is 9. The van der Waals surface area contributed by atoms with Gasteiger partial charge in [-0.25, -0.2) is 9.97 Å². The van der Waals surface area contributed by atoms with Gasteiger partial charge in [0.15, 0.2) is 0 Å². The third-order valence-corrected chi connectivity index (χ3v) is 15.2. The van der Waals surface area contributed by atoms with E-state index in [-0.39, 0.29) is 65.4 Å². The molecule has 0 saturated heterocycles. The predicted octanol–water partition coefficient (Wildman–Crippen LogP) is 19.5. The molecule has 15 aromatic rings. The van der Waals surface area contributed by atoms with Gasteiger partial charge < -0.3 is 37.2 Å². The molecule has 0 amide bonds. The van der Waals surface area contributed by atoms with Gasteiger partial charge in [0.2, 0.25) is 33.4 Å². The molecule has 2 heterocycles. The van der Waals surface area contributed by atoms with E-state index in [9.17, 15) is 0 Å². The molecule has 0 saturated carbocycles. The Kier molecular flexibility index (Phi) is 19.5. The molecule has 91 heavy (non-hydrogen) atoms. The fourth-order valence-electron chi connectivity index (χ4n) is 11.0. The summed E-state index contributed by atoms with van der Waals surface area (Å²) in [6.45, 7) is 0. The maximum atomic E-state index is 5.31. The fraction of sp³-hybridized carbons (Fsp3) is 0. The Labute approximate surface area is 579 Å². The van der Waals surface area contributed by atoms with Crippen molar-refractivity contribution in [1.29, 1.82) is 0 Å². The van der Waals surface area contributed by atoms with Gasteiger partial charge in [0.1, 0.15) is 22.1 Å². The van der Waals surface area contributed by atoms with Crippen molar-refractivity contribution in [3.05, 3.63) is 328 Å². The molecule has 432 valence electrons. The zero-order valence-electron chi connectivity index (χ0n) is 49.6. The van der Waals surface area contributed by atoms with Crippen LogP contribution >= 0.6 is 0 Å². The van der Waals surface area contributed by atoms with Crippen molar-refractivity contribution in [1.82, 2.24) is 9.97 Å². The molecular weight excluding hydrogens is 1270 g/mol. The first-order chi connectivity index (χ1) is 44.1. The molecule has 0 aliphatic heterocycles. The summed E-state index contributed by atoms with van der Waals surface area (Å²) in [7, 11) is 0. The van der Waals surface area contributed by atoms with Gasteiger partial charge in [0.25, 0.3) is 0 Å². The van der Waals surface area contributed by atoms with Crippen LogP contribution in [0.5, 0.6) is 0 Å². The van der Waals surface area contributed by atoms with E-state index in [1.54, 1.807) is 0 Å². The number of rotatable bonds is 16. The van der Waals surface area contributed by atoms with Crippen LogP contribution in [0.15, 0.2) is 328 Å². The normalized spacial score (nSPS) is 10.7. The number of para-hydroxylation sites is 9. The van der Waals surface area contributed by atoms with E-state index in [2.05, 4.69) is 234 Å². The molecular formula is C78H61N11Y2+2. The first-order valence-electron chi connectivity index (χ1n) is 29.6. The van der Waals surface area contributed by atoms with Crippen LogP contribution < -0.4 is 46.4 Å². The van der Waals surface area contributed by atoms with Gasteiger partial charge in [-0.2, -0.15) is 0 Å². The smallest absolute Gasteiger partial charge is 0.239 e. The monoisotopic (exact) mass is 1330 g/mol. The molecule has 13 heteroatoms. The zero-order chi connectivity index (χ0) is 59.6. The molecule has 0 spiro atoms. The molecule has 0 unspecified atom stereocenters. The Morgan fingerprint density at radius 1 is 0.187 bits per heavy atom. The second kappa shape index (κ2) is 29.0. The number of benzene rings is 13. The molecule has 13 aromatic carbocycles. The van der Waals surface area contributed by atoms with Crippen molar-refractivity contribution >= 4 is 124 Å². The molecule has 0 fully saturated rings. The predicted molar refractivity (Wildman–Crippen MR) is 370 cm³/mol. The largest absolute Gasteiger partial charge is 0.355 e. The van der Waals surface area contributed by atoms with E-state index in [0.29, 0.717) is 0 Å². The molecule has 0 aliphatic rings. The second-order valence-electron chi connectivity index (χ2n) is 21.4. The molecule has 2 radical (unpaired) electrons. The first-order valence-corrected chi connectivity index (χ1v) is 29.6. The third kappa shape index (κ3) is 14.5. The van der Waals surface area contributed by atoms with Gasteiger partial charge in [0.05, 0.1) is 34.1 Å². The third-order valence-electron chi connectivity index (χ3n) is 15.2. The number of aromatic nitrogens is 4. The van der Waals surface area contributed by atoms with Crippen molar-refractivity contribution in [3.8, 4) is 11.4 Å². The van der Waals surface area contributed by atoms with Gasteiger partial charge in [-0.05, 0) is 115 Å². The summed E-state index contributed by atoms with van der Waals surface area (Å²) in [6.07, 6.45) is 0. The second-order valence-corrected chi connectivity index (χ2v) is 21.4. The van der Waals surface area contributed by atoms with Crippen molar-refractivity contribution in [3.63, 3.8) is 0 Å². The molecule has 15 rings (SSSR count). The van der Waals surface area contributed by atoms with E-state index < -0.39 is 0 Å². The number of hydrogen-bond donors (Lipinski definition) is 7. The Hall–Kier alpha value is -10.1. The average molecular weight is 1330 g/mol.